The van der Waals surface area contributed by atoms with Crippen LogP contribution in [0.3, 0.4) is 0 Å². The number of phosphoric ester groups is 1. The molecule has 0 unspecified atom stereocenters. The molecule has 5 N–H and O–H groups in total. The first-order valence-electron chi connectivity index (χ1n) is 19.8. The predicted molar refractivity (Wildman–Crippen MR) is 209 cm³/mol. The second-order valence-corrected chi connectivity index (χ2v) is 15.1. The number of aliphatic hydroxyl groups is 3. The second-order valence-electron chi connectivity index (χ2n) is 13.9. The van der Waals surface area contributed by atoms with E-state index in [2.05, 4.69) is 54.8 Å². The Morgan fingerprint density at radius 2 is 1.38 bits per heavy atom. The van der Waals surface area contributed by atoms with Crippen molar-refractivity contribution < 1.29 is 53.3 Å². The standard InChI is InChI=1S/C41H69O11P/c1-3-5-7-8-9-10-11-12-13-14-15-16-17-18-19-20-22-27-40(45)50-32-35(33-51-53(47,48)49)52-41(46)28-24-23-26-36-37(39(44)31-38(36)43)30-29-34(42)25-21-6-4-2/h9-10,12-13,15-16,23-24,29-30,34-39,42-44H,3-8,11,14,17-22,25-28,31-33H2,1-2H3,(H2,47,48,49)/b10-9-,13-12-,16-15-,24-23-,30-29+/t34-,35-,36+,37-,38+,39-/m1/s1. The molecule has 0 amide bonds. The highest BCUT2D eigenvalue weighted by atomic mass is 31.2. The van der Waals surface area contributed by atoms with E-state index in [0.717, 1.165) is 64.2 Å². The van der Waals surface area contributed by atoms with Crippen LogP contribution in [0.15, 0.2) is 60.8 Å². The Labute approximate surface area is 318 Å². The molecule has 0 aromatic carbocycles. The average Bonchev–Trinajstić information content (AvgIpc) is 3.38. The van der Waals surface area contributed by atoms with Crippen molar-refractivity contribution in [2.75, 3.05) is 13.2 Å². The van der Waals surface area contributed by atoms with Gasteiger partial charge in [0.25, 0.3) is 0 Å². The van der Waals surface area contributed by atoms with E-state index in [1.54, 1.807) is 24.3 Å². The molecular weight excluding hydrogens is 699 g/mol. The van der Waals surface area contributed by atoms with Gasteiger partial charge < -0.3 is 34.6 Å². The summed E-state index contributed by atoms with van der Waals surface area (Å²) in [7, 11) is -4.86. The number of carbonyl (C=O) groups is 2. The number of rotatable bonds is 31. The van der Waals surface area contributed by atoms with Gasteiger partial charge in [0, 0.05) is 18.8 Å². The number of hydrogen-bond donors (Lipinski definition) is 5. The Morgan fingerprint density at radius 3 is 2.04 bits per heavy atom. The molecule has 53 heavy (non-hydrogen) atoms. The van der Waals surface area contributed by atoms with E-state index in [-0.39, 0.29) is 31.1 Å². The quantitative estimate of drug-likeness (QED) is 0.0199. The van der Waals surface area contributed by atoms with Crippen LogP contribution >= 0.6 is 7.82 Å². The summed E-state index contributed by atoms with van der Waals surface area (Å²) in [6, 6.07) is 0. The summed E-state index contributed by atoms with van der Waals surface area (Å²) in [4.78, 5) is 43.1. The minimum absolute atomic E-state index is 0.173. The van der Waals surface area contributed by atoms with Crippen molar-refractivity contribution in [2.45, 2.75) is 160 Å². The number of allylic oxidation sites excluding steroid dienone is 7. The lowest BCUT2D eigenvalue weighted by molar-refractivity contribution is -0.160. The van der Waals surface area contributed by atoms with Gasteiger partial charge in [0.05, 0.1) is 31.3 Å². The summed E-state index contributed by atoms with van der Waals surface area (Å²) < 4.78 is 26.3. The molecule has 0 heterocycles. The van der Waals surface area contributed by atoms with E-state index < -0.39 is 57.4 Å². The molecule has 1 saturated carbocycles. The fourth-order valence-electron chi connectivity index (χ4n) is 6.06. The van der Waals surface area contributed by atoms with Gasteiger partial charge in [-0.3, -0.25) is 14.1 Å². The molecule has 0 aliphatic heterocycles. The highest BCUT2D eigenvalue weighted by molar-refractivity contribution is 7.46. The van der Waals surface area contributed by atoms with Crippen LogP contribution < -0.4 is 0 Å². The molecule has 1 rings (SSSR count). The SMILES string of the molecule is CCCCC/C=C\C/C=C\C/C=C\CCCCCCC(=O)OC[C@H](COP(=O)(O)O)OC(=O)C/C=C\C[C@H]1[C@@H](/C=C/[C@H](O)CCCCC)[C@H](O)C[C@@H]1O. The lowest BCUT2D eigenvalue weighted by atomic mass is 9.89. The van der Waals surface area contributed by atoms with Gasteiger partial charge in [0.2, 0.25) is 0 Å². The molecule has 11 nitrogen and oxygen atoms in total. The zero-order chi connectivity index (χ0) is 39.2. The number of unbranched alkanes of at least 4 members (excludes halogenated alkanes) is 9. The molecule has 0 spiro atoms. The van der Waals surface area contributed by atoms with Crippen LogP contribution in [0.1, 0.15) is 136 Å². The fraction of sp³-hybridized carbons (Fsp3) is 0.707. The van der Waals surface area contributed by atoms with Crippen LogP contribution in [0, 0.1) is 11.8 Å². The van der Waals surface area contributed by atoms with Crippen molar-refractivity contribution in [2.24, 2.45) is 11.8 Å². The molecule has 6 atom stereocenters. The number of ether oxygens (including phenoxy) is 2. The Balaban J connectivity index is 2.38. The molecule has 12 heteroatoms. The van der Waals surface area contributed by atoms with E-state index in [0.29, 0.717) is 19.3 Å². The van der Waals surface area contributed by atoms with Gasteiger partial charge in [0.1, 0.15) is 6.61 Å². The number of esters is 2. The van der Waals surface area contributed by atoms with E-state index in [1.807, 2.05) is 0 Å². The minimum Gasteiger partial charge on any atom is -0.462 e. The molecule has 1 aliphatic rings. The molecule has 0 saturated heterocycles. The van der Waals surface area contributed by atoms with Crippen molar-refractivity contribution >= 4 is 19.8 Å². The predicted octanol–water partition coefficient (Wildman–Crippen LogP) is 8.11. The Bertz CT molecular complexity index is 1160. The first-order valence-corrected chi connectivity index (χ1v) is 21.4. The van der Waals surface area contributed by atoms with E-state index in [4.69, 9.17) is 19.3 Å². The Morgan fingerprint density at radius 1 is 0.755 bits per heavy atom. The third-order valence-electron chi connectivity index (χ3n) is 9.11. The molecular formula is C41H69O11P. The van der Waals surface area contributed by atoms with Gasteiger partial charge in [-0.2, -0.15) is 0 Å². The largest absolute Gasteiger partial charge is 0.469 e. The van der Waals surface area contributed by atoms with Crippen molar-refractivity contribution in [3.8, 4) is 0 Å². The van der Waals surface area contributed by atoms with Gasteiger partial charge in [-0.25, -0.2) is 4.57 Å². The number of carbonyl (C=O) groups excluding carboxylic acids is 2. The summed E-state index contributed by atoms with van der Waals surface area (Å²) in [5, 5.41) is 31.2. The molecule has 304 valence electrons. The highest BCUT2D eigenvalue weighted by Gasteiger charge is 2.39. The van der Waals surface area contributed by atoms with Crippen LogP contribution in [0.5, 0.6) is 0 Å². The lowest BCUT2D eigenvalue weighted by Gasteiger charge is -2.20. The Hall–Kier alpha value is -2.37. The minimum atomic E-state index is -4.86. The maximum Gasteiger partial charge on any atom is 0.469 e. The van der Waals surface area contributed by atoms with Gasteiger partial charge in [-0.05, 0) is 63.7 Å². The molecule has 0 aromatic heterocycles. The summed E-state index contributed by atoms with van der Waals surface area (Å²) >= 11 is 0. The summed E-state index contributed by atoms with van der Waals surface area (Å²) in [6.45, 7) is 3.24. The van der Waals surface area contributed by atoms with Crippen molar-refractivity contribution in [1.29, 1.82) is 0 Å². The second kappa shape index (κ2) is 30.9. The maximum atomic E-state index is 12.5. The maximum absolute atomic E-state index is 12.5. The fourth-order valence-corrected chi connectivity index (χ4v) is 6.42. The smallest absolute Gasteiger partial charge is 0.462 e. The van der Waals surface area contributed by atoms with Crippen LogP contribution in [0.2, 0.25) is 0 Å². The first-order chi connectivity index (χ1) is 25.5. The highest BCUT2D eigenvalue weighted by Crippen LogP contribution is 2.37. The van der Waals surface area contributed by atoms with Crippen molar-refractivity contribution in [3.05, 3.63) is 60.8 Å². The third kappa shape index (κ3) is 27.0. The lowest BCUT2D eigenvalue weighted by Crippen LogP contribution is -2.29. The first kappa shape index (κ1) is 48.6. The summed E-state index contributed by atoms with van der Waals surface area (Å²) in [5.41, 5.74) is 0. The van der Waals surface area contributed by atoms with Crippen molar-refractivity contribution in [1.82, 2.24) is 0 Å². The van der Waals surface area contributed by atoms with E-state index >= 15 is 0 Å². The molecule has 0 aromatic rings. The number of aliphatic hydroxyl groups excluding tert-OH is 3. The zero-order valence-electron chi connectivity index (χ0n) is 32.2. The summed E-state index contributed by atoms with van der Waals surface area (Å²) in [6.07, 6.45) is 32.1. The molecule has 1 aliphatic carbocycles. The van der Waals surface area contributed by atoms with Crippen LogP contribution in [0.4, 0.5) is 0 Å². The third-order valence-corrected chi connectivity index (χ3v) is 9.60. The van der Waals surface area contributed by atoms with Crippen LogP contribution in [0.25, 0.3) is 0 Å². The number of hydrogen-bond acceptors (Lipinski definition) is 9. The monoisotopic (exact) mass is 768 g/mol. The van der Waals surface area contributed by atoms with E-state index in [1.165, 1.54) is 19.3 Å². The molecule has 0 radical (unpaired) electrons. The van der Waals surface area contributed by atoms with Gasteiger partial charge >= 0.3 is 19.8 Å². The zero-order valence-corrected chi connectivity index (χ0v) is 33.1. The van der Waals surface area contributed by atoms with Gasteiger partial charge in [-0.1, -0.05) is 120 Å². The van der Waals surface area contributed by atoms with Crippen molar-refractivity contribution in [3.63, 3.8) is 0 Å². The molecule has 1 fully saturated rings. The summed E-state index contributed by atoms with van der Waals surface area (Å²) in [5.74, 6) is -1.86. The molecule has 0 bridgehead atoms. The van der Waals surface area contributed by atoms with Gasteiger partial charge in [-0.15, -0.1) is 0 Å². The Kier molecular flexibility index (Phi) is 28.4. The van der Waals surface area contributed by atoms with Gasteiger partial charge in [0.15, 0.2) is 6.10 Å². The average molecular weight is 769 g/mol. The van der Waals surface area contributed by atoms with Crippen LogP contribution in [-0.4, -0.2) is 74.7 Å². The van der Waals surface area contributed by atoms with Crippen LogP contribution in [-0.2, 0) is 28.2 Å². The number of phosphoric acid groups is 1. The van der Waals surface area contributed by atoms with E-state index in [9.17, 15) is 29.5 Å². The normalized spacial score (nSPS) is 20.8. The topological polar surface area (TPSA) is 180 Å².